The number of aromatic nitrogens is 3. The molecule has 0 aliphatic heterocycles. The van der Waals surface area contributed by atoms with Crippen molar-refractivity contribution in [3.8, 4) is 0 Å². The first-order chi connectivity index (χ1) is 11.1. The zero-order valence-corrected chi connectivity index (χ0v) is 12.9. The molecular weight excluding hydrogens is 290 g/mol. The van der Waals surface area contributed by atoms with Crippen LogP contribution >= 0.6 is 0 Å². The average Bonchev–Trinajstić information content (AvgIpc) is 2.59. The van der Waals surface area contributed by atoms with Crippen LogP contribution < -0.4 is 10.2 Å². The van der Waals surface area contributed by atoms with E-state index in [1.54, 1.807) is 6.20 Å². The summed E-state index contributed by atoms with van der Waals surface area (Å²) in [5, 5.41) is 0. The van der Waals surface area contributed by atoms with Gasteiger partial charge < -0.3 is 0 Å². The van der Waals surface area contributed by atoms with E-state index in [-0.39, 0.29) is 5.56 Å². The van der Waals surface area contributed by atoms with Gasteiger partial charge in [0, 0.05) is 12.0 Å². The Balaban J connectivity index is 2.01. The highest BCUT2D eigenvalue weighted by Crippen LogP contribution is 2.06. The molecule has 0 amide bonds. The van der Waals surface area contributed by atoms with Gasteiger partial charge in [0.1, 0.15) is 6.54 Å². The van der Waals surface area contributed by atoms with Crippen molar-refractivity contribution in [1.29, 1.82) is 0 Å². The zero-order valence-electron chi connectivity index (χ0n) is 12.9. The second kappa shape index (κ2) is 6.44. The van der Waals surface area contributed by atoms with Crippen LogP contribution in [0.15, 0.2) is 71.7 Å². The predicted molar refractivity (Wildman–Crippen MR) is 87.8 cm³/mol. The molecule has 3 rings (SSSR count). The van der Waals surface area contributed by atoms with E-state index in [0.29, 0.717) is 23.2 Å². The molecule has 0 aliphatic rings. The molecule has 1 heterocycles. The van der Waals surface area contributed by atoms with Crippen LogP contribution in [0.4, 0.5) is 0 Å². The summed E-state index contributed by atoms with van der Waals surface area (Å²) in [5.74, 6) is 0. The number of rotatable bonds is 4. The molecule has 0 spiro atoms. The third kappa shape index (κ3) is 3.29. The Morgan fingerprint density at radius 1 is 0.913 bits per heavy atom. The highest BCUT2D eigenvalue weighted by atomic mass is 16.3. The average molecular weight is 308 g/mol. The quantitative estimate of drug-likeness (QED) is 0.689. The maximum absolute atomic E-state index is 12.3. The summed E-state index contributed by atoms with van der Waals surface area (Å²) in [4.78, 5) is 24.6. The van der Waals surface area contributed by atoms with Crippen molar-refractivity contribution in [1.82, 2.24) is 9.36 Å². The van der Waals surface area contributed by atoms with Crippen molar-refractivity contribution in [2.24, 2.45) is 7.05 Å². The number of nitrogens with zero attached hydrogens (tertiary/aromatic N) is 3. The maximum Gasteiger partial charge on any atom is 0.313 e. The predicted octanol–water partition coefficient (Wildman–Crippen LogP) is 1.74. The molecule has 23 heavy (non-hydrogen) atoms. The van der Waals surface area contributed by atoms with E-state index in [2.05, 4.69) is 0 Å². The van der Waals surface area contributed by atoms with Crippen molar-refractivity contribution in [3.63, 3.8) is 0 Å². The van der Waals surface area contributed by atoms with Crippen molar-refractivity contribution >= 4 is 0 Å². The Morgan fingerprint density at radius 3 is 2.09 bits per heavy atom. The Hall–Kier alpha value is -2.95. The van der Waals surface area contributed by atoms with E-state index < -0.39 is 0 Å². The second-order valence-corrected chi connectivity index (χ2v) is 5.48. The molecule has 116 valence electrons. The van der Waals surface area contributed by atoms with Crippen LogP contribution in [0.1, 0.15) is 16.7 Å². The summed E-state index contributed by atoms with van der Waals surface area (Å²) in [6, 6.07) is 19.5. The van der Waals surface area contributed by atoms with Gasteiger partial charge in [-0.05, 0) is 15.8 Å². The molecule has 0 fully saturated rings. The van der Waals surface area contributed by atoms with Crippen molar-refractivity contribution < 1.29 is 4.66 Å². The van der Waals surface area contributed by atoms with Gasteiger partial charge in [0.15, 0.2) is 0 Å². The second-order valence-electron chi connectivity index (χ2n) is 5.48. The van der Waals surface area contributed by atoms with E-state index in [0.717, 1.165) is 15.8 Å². The summed E-state index contributed by atoms with van der Waals surface area (Å²) in [6.45, 7) is 0.417. The number of hydrogen-bond donors (Lipinski definition) is 0. The number of hydrogen-bond acceptors (Lipinski definition) is 2. The fraction of sp³-hybridized carbons (Fsp3) is 0.167. The Kier molecular flexibility index (Phi) is 4.19. The Morgan fingerprint density at radius 2 is 1.48 bits per heavy atom. The minimum atomic E-state index is -0.270. The van der Waals surface area contributed by atoms with Gasteiger partial charge in [0.05, 0.1) is 18.2 Å². The standard InChI is InChI=1S/C18H18N3O2/c1-19-18(22)17(12-15-8-4-2-5-9-15)14-20(21(19)23)13-16-10-6-3-7-11-16/h2-11,14H,12-13H2,1H3/q+1. The Bertz CT molecular complexity index is 839. The van der Waals surface area contributed by atoms with Crippen LogP contribution in [0.25, 0.3) is 0 Å². The van der Waals surface area contributed by atoms with E-state index in [9.17, 15) is 9.70 Å². The molecule has 0 N–H and O–H groups in total. The normalized spacial score (nSPS) is 10.7. The van der Waals surface area contributed by atoms with E-state index in [1.807, 2.05) is 60.7 Å². The summed E-state index contributed by atoms with van der Waals surface area (Å²) in [7, 11) is 1.49. The highest BCUT2D eigenvalue weighted by molar-refractivity contribution is 5.22. The molecule has 0 aliphatic carbocycles. The lowest BCUT2D eigenvalue weighted by Crippen LogP contribution is -2.48. The SMILES string of the molecule is Cn1c(=O)c(Cc2ccccc2)cn(Cc2ccccc2)[n+]1=O. The van der Waals surface area contributed by atoms with Gasteiger partial charge in [-0.25, -0.2) is 0 Å². The molecule has 0 bridgehead atoms. The van der Waals surface area contributed by atoms with Crippen molar-refractivity contribution in [3.05, 3.63) is 98.8 Å². The van der Waals surface area contributed by atoms with Gasteiger partial charge in [-0.15, -0.1) is 0 Å². The minimum absolute atomic E-state index is 0.270. The topological polar surface area (TPSA) is 49.9 Å². The zero-order chi connectivity index (χ0) is 16.2. The van der Waals surface area contributed by atoms with Crippen LogP contribution in [-0.2, 0) is 20.0 Å². The first kappa shape index (κ1) is 15.0. The van der Waals surface area contributed by atoms with Gasteiger partial charge >= 0.3 is 5.56 Å². The van der Waals surface area contributed by atoms with Gasteiger partial charge in [-0.3, -0.25) is 4.79 Å². The summed E-state index contributed by atoms with van der Waals surface area (Å²) in [5.41, 5.74) is 2.38. The molecular formula is C18H18N3O2+. The van der Waals surface area contributed by atoms with Crippen LogP contribution in [0.3, 0.4) is 0 Å². The monoisotopic (exact) mass is 308 g/mol. The van der Waals surface area contributed by atoms with Gasteiger partial charge in [0.2, 0.25) is 0 Å². The van der Waals surface area contributed by atoms with E-state index >= 15 is 0 Å². The molecule has 0 saturated carbocycles. The van der Waals surface area contributed by atoms with Gasteiger partial charge in [0.25, 0.3) is 4.66 Å². The minimum Gasteiger partial charge on any atom is -0.263 e. The van der Waals surface area contributed by atoms with Crippen molar-refractivity contribution in [2.45, 2.75) is 13.0 Å². The molecule has 1 aromatic heterocycles. The Labute approximate surface area is 133 Å². The van der Waals surface area contributed by atoms with Crippen LogP contribution in [-0.4, -0.2) is 9.36 Å². The first-order valence-electron chi connectivity index (χ1n) is 7.45. The third-order valence-electron chi connectivity index (χ3n) is 3.77. The highest BCUT2D eigenvalue weighted by Gasteiger charge is 2.16. The largest absolute Gasteiger partial charge is 0.313 e. The lowest BCUT2D eigenvalue weighted by molar-refractivity contribution is -0.686. The van der Waals surface area contributed by atoms with Crippen molar-refractivity contribution in [2.75, 3.05) is 0 Å². The first-order valence-corrected chi connectivity index (χ1v) is 7.45. The lowest BCUT2D eigenvalue weighted by Gasteiger charge is -2.04. The smallest absolute Gasteiger partial charge is 0.263 e. The maximum atomic E-state index is 12.3. The van der Waals surface area contributed by atoms with Crippen LogP contribution in [0, 0.1) is 4.91 Å². The number of benzene rings is 2. The molecule has 0 radical (unpaired) electrons. The third-order valence-corrected chi connectivity index (χ3v) is 3.77. The molecule has 5 nitrogen and oxygen atoms in total. The fourth-order valence-electron chi connectivity index (χ4n) is 2.56. The molecule has 2 aromatic carbocycles. The lowest BCUT2D eigenvalue weighted by atomic mass is 10.1. The molecule has 5 heteroatoms. The van der Waals surface area contributed by atoms with Crippen LogP contribution in [0.5, 0.6) is 0 Å². The van der Waals surface area contributed by atoms with Crippen LogP contribution in [0.2, 0.25) is 0 Å². The summed E-state index contributed by atoms with van der Waals surface area (Å²) < 4.78 is 3.21. The van der Waals surface area contributed by atoms with E-state index in [1.165, 1.54) is 11.7 Å². The molecule has 0 unspecified atom stereocenters. The molecule has 0 saturated heterocycles. The summed E-state index contributed by atoms with van der Waals surface area (Å²) in [6.07, 6.45) is 2.15. The van der Waals surface area contributed by atoms with Gasteiger partial charge in [-0.1, -0.05) is 65.3 Å². The fourth-order valence-corrected chi connectivity index (χ4v) is 2.56. The summed E-state index contributed by atoms with van der Waals surface area (Å²) >= 11 is 0. The molecule has 0 atom stereocenters. The van der Waals surface area contributed by atoms with Gasteiger partial charge in [-0.2, -0.15) is 0 Å². The van der Waals surface area contributed by atoms with E-state index in [4.69, 9.17) is 0 Å². The molecule has 3 aromatic rings.